The van der Waals surface area contributed by atoms with Crippen LogP contribution in [0.25, 0.3) is 10.8 Å². The lowest BCUT2D eigenvalue weighted by atomic mass is 10.0. The first-order chi connectivity index (χ1) is 10.8. The van der Waals surface area contributed by atoms with E-state index < -0.39 is 0 Å². The van der Waals surface area contributed by atoms with E-state index >= 15 is 0 Å². The number of para-hydroxylation sites is 1. The zero-order valence-electron chi connectivity index (χ0n) is 11.9. The molecule has 0 aliphatic heterocycles. The molecule has 0 saturated carbocycles. The summed E-state index contributed by atoms with van der Waals surface area (Å²) < 4.78 is 0. The van der Waals surface area contributed by atoms with Crippen molar-refractivity contribution in [2.75, 3.05) is 0 Å². The van der Waals surface area contributed by atoms with Gasteiger partial charge in [-0.05, 0) is 22.9 Å². The van der Waals surface area contributed by atoms with Gasteiger partial charge in [0.15, 0.2) is 0 Å². The Morgan fingerprint density at radius 2 is 1.64 bits per heavy atom. The van der Waals surface area contributed by atoms with E-state index in [0.717, 1.165) is 16.3 Å². The van der Waals surface area contributed by atoms with Crippen molar-refractivity contribution in [3.05, 3.63) is 71.8 Å². The van der Waals surface area contributed by atoms with Crippen molar-refractivity contribution in [1.29, 1.82) is 0 Å². The average molecular weight is 292 g/mol. The Labute approximate surface area is 128 Å². The highest BCUT2D eigenvalue weighted by atomic mass is 16.3. The quantitative estimate of drug-likeness (QED) is 0.510. The molecule has 0 fully saturated rings. The standard InChI is InChI=1S/C18H16N2O2/c21-17-8-4-2-6-14(17)11-19-20-12-16-15-7-3-1-5-13(15)9-10-18(16)22/h1-10,12,19,21-22H,11H2/b20-12+. The summed E-state index contributed by atoms with van der Waals surface area (Å²) >= 11 is 0. The molecule has 0 aromatic heterocycles. The van der Waals surface area contributed by atoms with Gasteiger partial charge in [-0.25, -0.2) is 0 Å². The predicted molar refractivity (Wildman–Crippen MR) is 88.2 cm³/mol. The minimum absolute atomic E-state index is 0.187. The molecule has 4 nitrogen and oxygen atoms in total. The zero-order chi connectivity index (χ0) is 15.4. The van der Waals surface area contributed by atoms with Crippen molar-refractivity contribution >= 4 is 17.0 Å². The fourth-order valence-corrected chi connectivity index (χ4v) is 2.32. The lowest BCUT2D eigenvalue weighted by molar-refractivity contribution is 0.465. The summed E-state index contributed by atoms with van der Waals surface area (Å²) in [6.07, 6.45) is 1.59. The molecule has 0 radical (unpaired) electrons. The molecule has 0 amide bonds. The Morgan fingerprint density at radius 3 is 2.50 bits per heavy atom. The smallest absolute Gasteiger partial charge is 0.125 e. The Kier molecular flexibility index (Phi) is 3.92. The summed E-state index contributed by atoms with van der Waals surface area (Å²) in [5, 5.41) is 25.8. The van der Waals surface area contributed by atoms with Gasteiger partial charge in [0.1, 0.15) is 11.5 Å². The van der Waals surface area contributed by atoms with Gasteiger partial charge in [0.05, 0.1) is 12.8 Å². The van der Waals surface area contributed by atoms with Gasteiger partial charge in [0.25, 0.3) is 0 Å². The van der Waals surface area contributed by atoms with Gasteiger partial charge in [-0.2, -0.15) is 5.10 Å². The number of nitrogens with one attached hydrogen (secondary N) is 1. The van der Waals surface area contributed by atoms with E-state index in [0.29, 0.717) is 12.1 Å². The molecule has 0 saturated heterocycles. The summed E-state index contributed by atoms with van der Waals surface area (Å²) in [4.78, 5) is 0. The van der Waals surface area contributed by atoms with Gasteiger partial charge in [-0.1, -0.05) is 48.5 Å². The number of aromatic hydroxyl groups is 2. The topological polar surface area (TPSA) is 64.8 Å². The van der Waals surface area contributed by atoms with E-state index in [4.69, 9.17) is 0 Å². The first kappa shape index (κ1) is 13.9. The third-order valence-corrected chi connectivity index (χ3v) is 3.49. The van der Waals surface area contributed by atoms with Crippen LogP contribution in [-0.2, 0) is 6.54 Å². The van der Waals surface area contributed by atoms with E-state index in [1.807, 2.05) is 42.5 Å². The second-order valence-corrected chi connectivity index (χ2v) is 4.94. The maximum absolute atomic E-state index is 10.0. The van der Waals surface area contributed by atoms with E-state index in [2.05, 4.69) is 10.5 Å². The molecule has 0 unspecified atom stereocenters. The largest absolute Gasteiger partial charge is 0.508 e. The summed E-state index contributed by atoms with van der Waals surface area (Å²) in [6.45, 7) is 0.411. The number of hydrogen-bond donors (Lipinski definition) is 3. The van der Waals surface area contributed by atoms with Gasteiger partial charge in [0.2, 0.25) is 0 Å². The molecule has 3 aromatic rings. The fraction of sp³-hybridized carbons (Fsp3) is 0.0556. The Bertz CT molecular complexity index is 828. The molecule has 0 aliphatic rings. The molecular formula is C18H16N2O2. The number of benzene rings is 3. The van der Waals surface area contributed by atoms with Crippen LogP contribution < -0.4 is 5.43 Å². The van der Waals surface area contributed by atoms with Crippen molar-refractivity contribution in [2.24, 2.45) is 5.10 Å². The molecule has 0 spiro atoms. The van der Waals surface area contributed by atoms with Gasteiger partial charge in [0, 0.05) is 11.1 Å². The third kappa shape index (κ3) is 2.86. The minimum Gasteiger partial charge on any atom is -0.508 e. The van der Waals surface area contributed by atoms with Crippen molar-refractivity contribution < 1.29 is 10.2 Å². The average Bonchev–Trinajstić information content (AvgIpc) is 2.55. The van der Waals surface area contributed by atoms with Crippen molar-refractivity contribution in [2.45, 2.75) is 6.54 Å². The molecule has 22 heavy (non-hydrogen) atoms. The lowest BCUT2D eigenvalue weighted by Crippen LogP contribution is -2.05. The van der Waals surface area contributed by atoms with Crippen LogP contribution in [0.3, 0.4) is 0 Å². The predicted octanol–water partition coefficient (Wildman–Crippen LogP) is 3.37. The molecule has 0 bridgehead atoms. The van der Waals surface area contributed by atoms with Crippen molar-refractivity contribution in [3.8, 4) is 11.5 Å². The summed E-state index contributed by atoms with van der Waals surface area (Å²) in [7, 11) is 0. The molecule has 0 atom stereocenters. The summed E-state index contributed by atoms with van der Waals surface area (Å²) in [6, 6.07) is 18.4. The fourth-order valence-electron chi connectivity index (χ4n) is 2.32. The van der Waals surface area contributed by atoms with Gasteiger partial charge < -0.3 is 15.6 Å². The molecule has 0 heterocycles. The second kappa shape index (κ2) is 6.18. The number of fused-ring (bicyclic) bond motifs is 1. The van der Waals surface area contributed by atoms with Gasteiger partial charge in [-0.15, -0.1) is 0 Å². The Morgan fingerprint density at radius 1 is 0.864 bits per heavy atom. The first-order valence-electron chi connectivity index (χ1n) is 6.99. The minimum atomic E-state index is 0.187. The second-order valence-electron chi connectivity index (χ2n) is 4.94. The molecular weight excluding hydrogens is 276 g/mol. The number of phenols is 2. The molecule has 3 N–H and O–H groups in total. The van der Waals surface area contributed by atoms with E-state index in [1.165, 1.54) is 0 Å². The van der Waals surface area contributed by atoms with Crippen LogP contribution in [0.2, 0.25) is 0 Å². The van der Waals surface area contributed by atoms with Crippen LogP contribution in [-0.4, -0.2) is 16.4 Å². The lowest BCUT2D eigenvalue weighted by Gasteiger charge is -2.06. The normalized spacial score (nSPS) is 11.1. The highest BCUT2D eigenvalue weighted by Gasteiger charge is 2.04. The number of phenolic OH excluding ortho intramolecular Hbond substituents is 2. The molecule has 4 heteroatoms. The van der Waals surface area contributed by atoms with E-state index in [9.17, 15) is 10.2 Å². The molecule has 3 aromatic carbocycles. The van der Waals surface area contributed by atoms with Crippen LogP contribution >= 0.6 is 0 Å². The number of hydrogen-bond acceptors (Lipinski definition) is 4. The van der Waals surface area contributed by atoms with Crippen LogP contribution in [0.15, 0.2) is 65.8 Å². The van der Waals surface area contributed by atoms with Crippen molar-refractivity contribution in [3.63, 3.8) is 0 Å². The van der Waals surface area contributed by atoms with Gasteiger partial charge in [-0.3, -0.25) is 0 Å². The summed E-state index contributed by atoms with van der Waals surface area (Å²) in [5.74, 6) is 0.421. The number of hydrazone groups is 1. The van der Waals surface area contributed by atoms with Crippen LogP contribution in [0.5, 0.6) is 11.5 Å². The SMILES string of the molecule is Oc1ccccc1CN/N=C/c1c(O)ccc2ccccc12. The maximum atomic E-state index is 10.0. The van der Waals surface area contributed by atoms with Crippen LogP contribution in [0, 0.1) is 0 Å². The van der Waals surface area contributed by atoms with E-state index in [-0.39, 0.29) is 11.5 Å². The number of rotatable bonds is 4. The molecule has 3 rings (SSSR count). The molecule has 0 aliphatic carbocycles. The van der Waals surface area contributed by atoms with Crippen molar-refractivity contribution in [1.82, 2.24) is 5.43 Å². The Balaban J connectivity index is 1.79. The maximum Gasteiger partial charge on any atom is 0.125 e. The van der Waals surface area contributed by atoms with Gasteiger partial charge >= 0.3 is 0 Å². The monoisotopic (exact) mass is 292 g/mol. The highest BCUT2D eigenvalue weighted by Crippen LogP contribution is 2.25. The number of nitrogens with zero attached hydrogens (tertiary/aromatic N) is 1. The van der Waals surface area contributed by atoms with Crippen LogP contribution in [0.1, 0.15) is 11.1 Å². The Hall–Kier alpha value is -3.01. The zero-order valence-corrected chi connectivity index (χ0v) is 11.9. The van der Waals surface area contributed by atoms with E-state index in [1.54, 1.807) is 24.4 Å². The molecule has 110 valence electrons. The highest BCUT2D eigenvalue weighted by molar-refractivity contribution is 6.02. The van der Waals surface area contributed by atoms with Crippen LogP contribution in [0.4, 0.5) is 0 Å². The third-order valence-electron chi connectivity index (χ3n) is 3.49. The first-order valence-corrected chi connectivity index (χ1v) is 6.99. The summed E-state index contributed by atoms with van der Waals surface area (Å²) in [5.41, 5.74) is 4.32.